The van der Waals surface area contributed by atoms with Crippen molar-refractivity contribution < 1.29 is 27.1 Å². The number of hydrogen-bond donors (Lipinski definition) is 1. The van der Waals surface area contributed by atoms with Crippen LogP contribution in [-0.4, -0.2) is 44.9 Å². The molecule has 7 nitrogen and oxygen atoms in total. The minimum Gasteiger partial charge on any atom is -0.486 e. The third-order valence-corrected chi connectivity index (χ3v) is 6.59. The molecule has 1 amide bonds. The Morgan fingerprint density at radius 1 is 1.00 bits per heavy atom. The monoisotopic (exact) mass is 406 g/mol. The summed E-state index contributed by atoms with van der Waals surface area (Å²) >= 11 is 0. The average molecular weight is 406 g/mol. The van der Waals surface area contributed by atoms with Crippen LogP contribution >= 0.6 is 0 Å². The molecule has 1 N–H and O–H groups in total. The molecule has 0 spiro atoms. The normalized spacial score (nSPS) is 16.8. The quantitative estimate of drug-likeness (QED) is 0.844. The maximum absolute atomic E-state index is 14.2. The van der Waals surface area contributed by atoms with E-state index >= 15 is 0 Å². The van der Waals surface area contributed by atoms with Gasteiger partial charge in [0.15, 0.2) is 11.5 Å². The van der Waals surface area contributed by atoms with Crippen LogP contribution in [-0.2, 0) is 10.0 Å². The van der Waals surface area contributed by atoms with Crippen molar-refractivity contribution >= 4 is 21.6 Å². The standard InChI is InChI=1S/C19H19FN2O5S/c20-15-5-3-13(11-18(15)28(24,25)22-7-1-2-8-22)19(23)21-14-4-6-16-17(12-14)27-10-9-26-16/h3-6,11-12H,1-2,7-10H2,(H,21,23). The first-order chi connectivity index (χ1) is 13.4. The number of nitrogens with one attached hydrogen (secondary N) is 1. The van der Waals surface area contributed by atoms with Crippen LogP contribution in [0, 0.1) is 5.82 Å². The maximum atomic E-state index is 14.2. The fourth-order valence-corrected chi connectivity index (χ4v) is 4.84. The number of nitrogens with zero attached hydrogens (tertiary/aromatic N) is 1. The summed E-state index contributed by atoms with van der Waals surface area (Å²) in [4.78, 5) is 12.1. The van der Waals surface area contributed by atoms with Crippen LogP contribution in [0.2, 0.25) is 0 Å². The zero-order valence-corrected chi connectivity index (χ0v) is 15.8. The minimum absolute atomic E-state index is 0.0501. The number of halogens is 1. The molecule has 28 heavy (non-hydrogen) atoms. The summed E-state index contributed by atoms with van der Waals surface area (Å²) in [5.74, 6) is -0.317. The largest absolute Gasteiger partial charge is 0.486 e. The van der Waals surface area contributed by atoms with Crippen molar-refractivity contribution in [2.24, 2.45) is 0 Å². The van der Waals surface area contributed by atoms with Crippen molar-refractivity contribution in [2.75, 3.05) is 31.6 Å². The number of benzene rings is 2. The van der Waals surface area contributed by atoms with Crippen molar-refractivity contribution in [3.8, 4) is 11.5 Å². The molecule has 1 saturated heterocycles. The highest BCUT2D eigenvalue weighted by atomic mass is 32.2. The Morgan fingerprint density at radius 2 is 1.71 bits per heavy atom. The van der Waals surface area contributed by atoms with E-state index in [0.29, 0.717) is 43.5 Å². The Kier molecular flexibility index (Phi) is 4.94. The number of sulfonamides is 1. The Bertz CT molecular complexity index is 1020. The van der Waals surface area contributed by atoms with E-state index < -0.39 is 26.6 Å². The highest BCUT2D eigenvalue weighted by molar-refractivity contribution is 7.89. The van der Waals surface area contributed by atoms with Crippen LogP contribution < -0.4 is 14.8 Å². The zero-order valence-electron chi connectivity index (χ0n) is 15.0. The van der Waals surface area contributed by atoms with Crippen LogP contribution in [0.25, 0.3) is 0 Å². The molecule has 4 rings (SSSR count). The fraction of sp³-hybridized carbons (Fsp3) is 0.316. The Labute approximate surface area is 162 Å². The van der Waals surface area contributed by atoms with Crippen LogP contribution in [0.4, 0.5) is 10.1 Å². The van der Waals surface area contributed by atoms with E-state index in [2.05, 4.69) is 5.32 Å². The molecule has 0 aliphatic carbocycles. The summed E-state index contributed by atoms with van der Waals surface area (Å²) in [6, 6.07) is 8.29. The van der Waals surface area contributed by atoms with E-state index in [4.69, 9.17) is 9.47 Å². The second-order valence-electron chi connectivity index (χ2n) is 6.57. The first-order valence-electron chi connectivity index (χ1n) is 8.96. The first-order valence-corrected chi connectivity index (χ1v) is 10.4. The number of ether oxygens (including phenoxy) is 2. The second-order valence-corrected chi connectivity index (χ2v) is 8.48. The molecule has 2 aliphatic heterocycles. The van der Waals surface area contributed by atoms with Gasteiger partial charge in [0.05, 0.1) is 0 Å². The predicted octanol–water partition coefficient (Wildman–Crippen LogP) is 2.63. The lowest BCUT2D eigenvalue weighted by Gasteiger charge is -2.19. The molecule has 0 unspecified atom stereocenters. The van der Waals surface area contributed by atoms with Gasteiger partial charge in [-0.25, -0.2) is 12.8 Å². The Balaban J connectivity index is 1.58. The van der Waals surface area contributed by atoms with Gasteiger partial charge in [-0.2, -0.15) is 4.31 Å². The van der Waals surface area contributed by atoms with Gasteiger partial charge in [-0.3, -0.25) is 4.79 Å². The van der Waals surface area contributed by atoms with Gasteiger partial charge in [0.2, 0.25) is 10.0 Å². The molecule has 9 heteroatoms. The summed E-state index contributed by atoms with van der Waals surface area (Å²) < 4.78 is 51.7. The fourth-order valence-electron chi connectivity index (χ4n) is 3.23. The van der Waals surface area contributed by atoms with E-state index in [-0.39, 0.29) is 5.56 Å². The molecule has 2 heterocycles. The minimum atomic E-state index is -3.97. The van der Waals surface area contributed by atoms with Gasteiger partial charge in [0.25, 0.3) is 5.91 Å². The lowest BCUT2D eigenvalue weighted by molar-refractivity contribution is 0.102. The van der Waals surface area contributed by atoms with Crippen molar-refractivity contribution in [1.82, 2.24) is 4.31 Å². The summed E-state index contributed by atoms with van der Waals surface area (Å²) in [7, 11) is -3.97. The molecular weight excluding hydrogens is 387 g/mol. The van der Waals surface area contributed by atoms with Gasteiger partial charge in [-0.1, -0.05) is 0 Å². The van der Waals surface area contributed by atoms with Gasteiger partial charge in [-0.05, 0) is 43.2 Å². The molecule has 2 aromatic carbocycles. The lowest BCUT2D eigenvalue weighted by Crippen LogP contribution is -2.29. The van der Waals surface area contributed by atoms with Crippen molar-refractivity contribution in [3.63, 3.8) is 0 Å². The third-order valence-electron chi connectivity index (χ3n) is 4.68. The molecule has 0 aromatic heterocycles. The van der Waals surface area contributed by atoms with E-state index in [1.54, 1.807) is 18.2 Å². The number of rotatable bonds is 4. The molecule has 148 valence electrons. The Morgan fingerprint density at radius 3 is 2.46 bits per heavy atom. The van der Waals surface area contributed by atoms with Crippen LogP contribution in [0.15, 0.2) is 41.3 Å². The number of fused-ring (bicyclic) bond motifs is 1. The van der Waals surface area contributed by atoms with Crippen LogP contribution in [0.3, 0.4) is 0 Å². The lowest BCUT2D eigenvalue weighted by atomic mass is 10.2. The Hall–Kier alpha value is -2.65. The topological polar surface area (TPSA) is 84.9 Å². The number of amides is 1. The van der Waals surface area contributed by atoms with E-state index in [0.717, 1.165) is 25.0 Å². The molecule has 2 aromatic rings. The maximum Gasteiger partial charge on any atom is 0.255 e. The summed E-state index contributed by atoms with van der Waals surface area (Å²) in [6.45, 7) is 1.59. The van der Waals surface area contributed by atoms with Gasteiger partial charge < -0.3 is 14.8 Å². The smallest absolute Gasteiger partial charge is 0.255 e. The summed E-state index contributed by atoms with van der Waals surface area (Å²) in [5.41, 5.74) is 0.511. The predicted molar refractivity (Wildman–Crippen MR) is 99.8 cm³/mol. The van der Waals surface area contributed by atoms with Crippen LogP contribution in [0.1, 0.15) is 23.2 Å². The summed E-state index contributed by atoms with van der Waals surface area (Å²) in [6.07, 6.45) is 1.48. The number of carbonyl (C=O) groups excluding carboxylic acids is 1. The van der Waals surface area contributed by atoms with Crippen molar-refractivity contribution in [1.29, 1.82) is 0 Å². The van der Waals surface area contributed by atoms with Crippen LogP contribution in [0.5, 0.6) is 11.5 Å². The zero-order chi connectivity index (χ0) is 19.7. The molecule has 2 aliphatic rings. The van der Waals surface area contributed by atoms with Gasteiger partial charge in [-0.15, -0.1) is 0 Å². The highest BCUT2D eigenvalue weighted by Crippen LogP contribution is 2.33. The third kappa shape index (κ3) is 3.55. The summed E-state index contributed by atoms with van der Waals surface area (Å²) in [5, 5.41) is 2.67. The SMILES string of the molecule is O=C(Nc1ccc2c(c1)OCCO2)c1ccc(F)c(S(=O)(=O)N2CCCC2)c1. The molecule has 0 saturated carbocycles. The van der Waals surface area contributed by atoms with Crippen molar-refractivity contribution in [3.05, 3.63) is 47.8 Å². The molecule has 0 radical (unpaired) electrons. The van der Waals surface area contributed by atoms with Gasteiger partial charge >= 0.3 is 0 Å². The molecule has 0 atom stereocenters. The van der Waals surface area contributed by atoms with E-state index in [9.17, 15) is 17.6 Å². The van der Waals surface area contributed by atoms with E-state index in [1.807, 2.05) is 0 Å². The number of anilines is 1. The molecular formula is C19H19FN2O5S. The first kappa shape index (κ1) is 18.7. The molecule has 1 fully saturated rings. The average Bonchev–Trinajstić information content (AvgIpc) is 3.24. The molecule has 0 bridgehead atoms. The van der Waals surface area contributed by atoms with Crippen molar-refractivity contribution in [2.45, 2.75) is 17.7 Å². The highest BCUT2D eigenvalue weighted by Gasteiger charge is 2.30. The van der Waals surface area contributed by atoms with E-state index in [1.165, 1.54) is 10.4 Å². The second kappa shape index (κ2) is 7.40. The number of carbonyl (C=O) groups is 1. The number of hydrogen-bond acceptors (Lipinski definition) is 5. The van der Waals surface area contributed by atoms with Gasteiger partial charge in [0, 0.05) is 30.4 Å². The van der Waals surface area contributed by atoms with Gasteiger partial charge in [0.1, 0.15) is 23.9 Å².